The fourth-order valence-electron chi connectivity index (χ4n) is 2.50. The van der Waals surface area contributed by atoms with Crippen LogP contribution in [0, 0.1) is 18.8 Å². The highest BCUT2D eigenvalue weighted by atomic mass is 32.1. The molecule has 1 saturated carbocycles. The van der Waals surface area contributed by atoms with Crippen LogP contribution in [0.1, 0.15) is 41.6 Å². The highest BCUT2D eigenvalue weighted by molar-refractivity contribution is 7.17. The van der Waals surface area contributed by atoms with E-state index in [0.29, 0.717) is 4.88 Å². The highest BCUT2D eigenvalue weighted by Crippen LogP contribution is 2.31. The van der Waals surface area contributed by atoms with Crippen molar-refractivity contribution in [2.24, 2.45) is 11.8 Å². The van der Waals surface area contributed by atoms with Gasteiger partial charge >= 0.3 is 5.97 Å². The molecule has 2 rings (SSSR count). The van der Waals surface area contributed by atoms with Gasteiger partial charge in [0.05, 0.1) is 12.8 Å². The quantitative estimate of drug-likeness (QED) is 0.853. The number of nitrogens with one attached hydrogen (secondary N) is 1. The van der Waals surface area contributed by atoms with Crippen LogP contribution in [0.2, 0.25) is 0 Å². The molecular formula is C13H20N2O2S. The maximum atomic E-state index is 11.5. The Morgan fingerprint density at radius 3 is 2.94 bits per heavy atom. The van der Waals surface area contributed by atoms with Crippen molar-refractivity contribution in [2.45, 2.75) is 33.1 Å². The van der Waals surface area contributed by atoms with Gasteiger partial charge in [0, 0.05) is 6.54 Å². The first-order valence-electron chi connectivity index (χ1n) is 6.39. The molecule has 5 heteroatoms. The molecule has 0 amide bonds. The first-order valence-corrected chi connectivity index (χ1v) is 7.21. The van der Waals surface area contributed by atoms with E-state index in [9.17, 15) is 4.79 Å². The minimum absolute atomic E-state index is 0.299. The molecule has 0 aliphatic heterocycles. The Labute approximate surface area is 112 Å². The van der Waals surface area contributed by atoms with E-state index in [4.69, 9.17) is 4.74 Å². The number of esters is 1. The molecule has 0 spiro atoms. The number of aromatic nitrogens is 1. The lowest BCUT2D eigenvalue weighted by molar-refractivity contribution is 0.0605. The van der Waals surface area contributed by atoms with Gasteiger partial charge in [0.15, 0.2) is 5.13 Å². The van der Waals surface area contributed by atoms with Crippen molar-refractivity contribution < 1.29 is 9.53 Å². The first-order chi connectivity index (χ1) is 8.60. The molecule has 2 unspecified atom stereocenters. The molecule has 1 fully saturated rings. The number of rotatable bonds is 4. The molecule has 0 aromatic carbocycles. The molecule has 1 N–H and O–H groups in total. The van der Waals surface area contributed by atoms with Crippen molar-refractivity contribution in [3.05, 3.63) is 10.6 Å². The summed E-state index contributed by atoms with van der Waals surface area (Å²) in [5.41, 5.74) is 0.745. The average molecular weight is 268 g/mol. The van der Waals surface area contributed by atoms with Crippen molar-refractivity contribution in [3.8, 4) is 0 Å². The first kappa shape index (κ1) is 13.3. The molecule has 0 saturated heterocycles. The Kier molecular flexibility index (Phi) is 4.22. The molecule has 1 aliphatic rings. The topological polar surface area (TPSA) is 51.2 Å². The zero-order valence-electron chi connectivity index (χ0n) is 11.2. The van der Waals surface area contributed by atoms with Crippen molar-refractivity contribution in [3.63, 3.8) is 0 Å². The maximum Gasteiger partial charge on any atom is 0.350 e. The summed E-state index contributed by atoms with van der Waals surface area (Å²) in [6.07, 6.45) is 3.92. The summed E-state index contributed by atoms with van der Waals surface area (Å²) in [7, 11) is 1.40. The van der Waals surface area contributed by atoms with Crippen LogP contribution in [0.15, 0.2) is 0 Å². The minimum Gasteiger partial charge on any atom is -0.465 e. The van der Waals surface area contributed by atoms with Crippen molar-refractivity contribution >= 4 is 22.4 Å². The van der Waals surface area contributed by atoms with E-state index in [1.54, 1.807) is 0 Å². The molecule has 0 bridgehead atoms. The molecular weight excluding hydrogens is 248 g/mol. The fraction of sp³-hybridized carbons (Fsp3) is 0.692. The number of carbonyl (C=O) groups excluding carboxylic acids is 1. The molecule has 2 atom stereocenters. The number of nitrogens with zero attached hydrogens (tertiary/aromatic N) is 1. The Morgan fingerprint density at radius 1 is 1.56 bits per heavy atom. The number of methoxy groups -OCH3 is 1. The van der Waals surface area contributed by atoms with Crippen LogP contribution in [0.4, 0.5) is 5.13 Å². The lowest BCUT2D eigenvalue weighted by Crippen LogP contribution is -2.11. The van der Waals surface area contributed by atoms with Gasteiger partial charge in [-0.3, -0.25) is 0 Å². The van der Waals surface area contributed by atoms with E-state index in [1.807, 2.05) is 6.92 Å². The van der Waals surface area contributed by atoms with Gasteiger partial charge in [-0.05, 0) is 31.6 Å². The second kappa shape index (κ2) is 5.69. The molecule has 1 aliphatic carbocycles. The Morgan fingerprint density at radius 2 is 2.33 bits per heavy atom. The van der Waals surface area contributed by atoms with Crippen LogP contribution in [0.3, 0.4) is 0 Å². The minimum atomic E-state index is -0.299. The molecule has 100 valence electrons. The standard InChI is InChI=1S/C13H20N2O2S/c1-8-4-5-10(6-8)7-14-13-15-9(2)11(18-13)12(16)17-3/h8,10H,4-7H2,1-3H3,(H,14,15). The Hall–Kier alpha value is -1.10. The van der Waals surface area contributed by atoms with E-state index in [-0.39, 0.29) is 5.97 Å². The van der Waals surface area contributed by atoms with Gasteiger partial charge in [0.25, 0.3) is 0 Å². The summed E-state index contributed by atoms with van der Waals surface area (Å²) in [6.45, 7) is 5.10. The zero-order valence-corrected chi connectivity index (χ0v) is 12.0. The van der Waals surface area contributed by atoms with Crippen molar-refractivity contribution in [1.82, 2.24) is 4.98 Å². The number of thiazole rings is 1. The van der Waals surface area contributed by atoms with Gasteiger partial charge in [0.1, 0.15) is 4.88 Å². The van der Waals surface area contributed by atoms with E-state index in [2.05, 4.69) is 17.2 Å². The molecule has 1 aromatic rings. The maximum absolute atomic E-state index is 11.5. The second-order valence-electron chi connectivity index (χ2n) is 5.09. The monoisotopic (exact) mass is 268 g/mol. The lowest BCUT2D eigenvalue weighted by Gasteiger charge is -2.09. The predicted octanol–water partition coefficient (Wildman–Crippen LogP) is 3.09. The zero-order chi connectivity index (χ0) is 13.1. The van der Waals surface area contributed by atoms with Gasteiger partial charge in [0.2, 0.25) is 0 Å². The highest BCUT2D eigenvalue weighted by Gasteiger charge is 2.22. The number of aryl methyl sites for hydroxylation is 1. The van der Waals surface area contributed by atoms with Gasteiger partial charge in [-0.1, -0.05) is 24.7 Å². The molecule has 1 aromatic heterocycles. The molecule has 1 heterocycles. The third kappa shape index (κ3) is 3.02. The average Bonchev–Trinajstić information content (AvgIpc) is 2.92. The summed E-state index contributed by atoms with van der Waals surface area (Å²) in [5.74, 6) is 1.29. The van der Waals surface area contributed by atoms with Gasteiger partial charge in [-0.15, -0.1) is 0 Å². The molecule has 0 radical (unpaired) electrons. The molecule has 4 nitrogen and oxygen atoms in total. The number of hydrogen-bond donors (Lipinski definition) is 1. The van der Waals surface area contributed by atoms with E-state index in [1.165, 1.54) is 37.7 Å². The normalized spacial score (nSPS) is 23.1. The summed E-state index contributed by atoms with van der Waals surface area (Å²) in [5, 5.41) is 4.17. The van der Waals surface area contributed by atoms with Crippen molar-refractivity contribution in [2.75, 3.05) is 19.0 Å². The van der Waals surface area contributed by atoms with Crippen LogP contribution < -0.4 is 5.32 Å². The summed E-state index contributed by atoms with van der Waals surface area (Å²) >= 11 is 1.38. The van der Waals surface area contributed by atoms with Gasteiger partial charge < -0.3 is 10.1 Å². The van der Waals surface area contributed by atoms with Crippen LogP contribution >= 0.6 is 11.3 Å². The van der Waals surface area contributed by atoms with E-state index >= 15 is 0 Å². The van der Waals surface area contributed by atoms with Crippen LogP contribution in [0.25, 0.3) is 0 Å². The Balaban J connectivity index is 1.92. The lowest BCUT2D eigenvalue weighted by atomic mass is 10.1. The second-order valence-corrected chi connectivity index (χ2v) is 6.09. The van der Waals surface area contributed by atoms with Crippen LogP contribution in [0.5, 0.6) is 0 Å². The summed E-state index contributed by atoms with van der Waals surface area (Å²) in [6, 6.07) is 0. The number of anilines is 1. The molecule has 18 heavy (non-hydrogen) atoms. The number of ether oxygens (including phenoxy) is 1. The number of hydrogen-bond acceptors (Lipinski definition) is 5. The smallest absolute Gasteiger partial charge is 0.350 e. The van der Waals surface area contributed by atoms with Crippen LogP contribution in [-0.4, -0.2) is 24.6 Å². The van der Waals surface area contributed by atoms with Crippen molar-refractivity contribution in [1.29, 1.82) is 0 Å². The SMILES string of the molecule is COC(=O)c1sc(NCC2CCC(C)C2)nc1C. The Bertz CT molecular complexity index is 431. The van der Waals surface area contributed by atoms with E-state index < -0.39 is 0 Å². The van der Waals surface area contributed by atoms with Gasteiger partial charge in [-0.2, -0.15) is 0 Å². The summed E-state index contributed by atoms with van der Waals surface area (Å²) < 4.78 is 4.73. The largest absolute Gasteiger partial charge is 0.465 e. The fourth-order valence-corrected chi connectivity index (χ4v) is 3.39. The van der Waals surface area contributed by atoms with Crippen LogP contribution in [-0.2, 0) is 4.74 Å². The summed E-state index contributed by atoms with van der Waals surface area (Å²) in [4.78, 5) is 16.4. The third-order valence-electron chi connectivity index (χ3n) is 3.51. The van der Waals surface area contributed by atoms with Gasteiger partial charge in [-0.25, -0.2) is 9.78 Å². The predicted molar refractivity (Wildman–Crippen MR) is 73.2 cm³/mol. The number of carbonyl (C=O) groups is 1. The third-order valence-corrected chi connectivity index (χ3v) is 4.61. The van der Waals surface area contributed by atoms with E-state index in [0.717, 1.165) is 29.2 Å².